The number of anilines is 1. The fourth-order valence-corrected chi connectivity index (χ4v) is 1.43. The van der Waals surface area contributed by atoms with Gasteiger partial charge in [0.15, 0.2) is 6.10 Å². The Morgan fingerprint density at radius 1 is 1.39 bits per heavy atom. The van der Waals surface area contributed by atoms with E-state index < -0.39 is 18.0 Å². The van der Waals surface area contributed by atoms with E-state index in [2.05, 4.69) is 0 Å². The van der Waals surface area contributed by atoms with Gasteiger partial charge in [0.2, 0.25) is 5.76 Å². The molecule has 0 saturated heterocycles. The van der Waals surface area contributed by atoms with Crippen LogP contribution in [-0.4, -0.2) is 23.1 Å². The summed E-state index contributed by atoms with van der Waals surface area (Å²) in [6, 6.07) is 6.38. The van der Waals surface area contributed by atoms with Gasteiger partial charge in [-0.25, -0.2) is 9.59 Å². The highest BCUT2D eigenvalue weighted by molar-refractivity contribution is 5.94. The van der Waals surface area contributed by atoms with Crippen molar-refractivity contribution in [1.82, 2.24) is 0 Å². The molecule has 0 aliphatic rings. The van der Waals surface area contributed by atoms with E-state index in [1.54, 1.807) is 18.2 Å². The van der Waals surface area contributed by atoms with Gasteiger partial charge in [0.05, 0.1) is 0 Å². The number of aliphatic carboxylic acids is 1. The first-order valence-corrected chi connectivity index (χ1v) is 5.20. The Morgan fingerprint density at radius 2 is 2.11 bits per heavy atom. The fourth-order valence-electron chi connectivity index (χ4n) is 1.43. The van der Waals surface area contributed by atoms with Gasteiger partial charge < -0.3 is 20.0 Å². The van der Waals surface area contributed by atoms with Crippen molar-refractivity contribution in [3.63, 3.8) is 0 Å². The van der Waals surface area contributed by atoms with Gasteiger partial charge in [-0.1, -0.05) is 0 Å². The molecule has 6 nitrogen and oxygen atoms in total. The summed E-state index contributed by atoms with van der Waals surface area (Å²) in [5.74, 6) is -2.09. The summed E-state index contributed by atoms with van der Waals surface area (Å²) in [6.45, 7) is 1.26. The molecule has 18 heavy (non-hydrogen) atoms. The van der Waals surface area contributed by atoms with E-state index in [4.69, 9.17) is 20.0 Å². The van der Waals surface area contributed by atoms with E-state index in [1.165, 1.54) is 13.0 Å². The van der Waals surface area contributed by atoms with E-state index in [1.807, 2.05) is 0 Å². The Hall–Kier alpha value is -2.50. The van der Waals surface area contributed by atoms with Gasteiger partial charge in [-0.3, -0.25) is 0 Å². The first-order valence-electron chi connectivity index (χ1n) is 5.20. The van der Waals surface area contributed by atoms with E-state index in [9.17, 15) is 9.59 Å². The fraction of sp³-hybridized carbons (Fsp3) is 0.167. The van der Waals surface area contributed by atoms with Crippen molar-refractivity contribution in [2.24, 2.45) is 0 Å². The summed E-state index contributed by atoms with van der Waals surface area (Å²) in [7, 11) is 0. The number of carbonyl (C=O) groups is 2. The lowest BCUT2D eigenvalue weighted by molar-refractivity contribution is -0.146. The molecule has 6 heteroatoms. The molecule has 2 rings (SSSR count). The maximum Gasteiger partial charge on any atom is 0.375 e. The van der Waals surface area contributed by atoms with Gasteiger partial charge in [0.1, 0.15) is 5.58 Å². The van der Waals surface area contributed by atoms with Crippen LogP contribution in [0.1, 0.15) is 17.5 Å². The summed E-state index contributed by atoms with van der Waals surface area (Å²) in [6.07, 6.45) is -1.23. The SMILES string of the molecule is CC(OC(=O)c1cc2cc(N)ccc2o1)C(=O)O. The second-order valence-electron chi connectivity index (χ2n) is 3.79. The van der Waals surface area contributed by atoms with Crippen molar-refractivity contribution < 1.29 is 23.8 Å². The maximum absolute atomic E-state index is 11.6. The topological polar surface area (TPSA) is 103 Å². The van der Waals surface area contributed by atoms with E-state index in [0.29, 0.717) is 16.7 Å². The summed E-state index contributed by atoms with van der Waals surface area (Å²) in [5.41, 5.74) is 6.62. The van der Waals surface area contributed by atoms with Crippen LogP contribution in [0.25, 0.3) is 11.0 Å². The lowest BCUT2D eigenvalue weighted by Gasteiger charge is -2.06. The standard InChI is InChI=1S/C12H11NO5/c1-6(11(14)15)17-12(16)10-5-7-4-8(13)2-3-9(7)18-10/h2-6H,13H2,1H3,(H,14,15). The lowest BCUT2D eigenvalue weighted by atomic mass is 10.2. The van der Waals surface area contributed by atoms with Crippen molar-refractivity contribution in [2.75, 3.05) is 5.73 Å². The van der Waals surface area contributed by atoms with Crippen LogP contribution < -0.4 is 5.73 Å². The Labute approximate surface area is 102 Å². The predicted octanol–water partition coefficient (Wildman–Crippen LogP) is 1.64. The van der Waals surface area contributed by atoms with Crippen LogP contribution in [-0.2, 0) is 9.53 Å². The Balaban J connectivity index is 2.26. The maximum atomic E-state index is 11.6. The van der Waals surface area contributed by atoms with Crippen LogP contribution in [0.2, 0.25) is 0 Å². The molecule has 2 aromatic rings. The number of esters is 1. The Kier molecular flexibility index (Phi) is 2.93. The van der Waals surface area contributed by atoms with Gasteiger partial charge in [-0.2, -0.15) is 0 Å². The van der Waals surface area contributed by atoms with Gasteiger partial charge in [0.25, 0.3) is 0 Å². The molecule has 0 aliphatic carbocycles. The molecule has 1 unspecified atom stereocenters. The number of carbonyl (C=O) groups excluding carboxylic acids is 1. The molecule has 0 aliphatic heterocycles. The number of hydrogen-bond donors (Lipinski definition) is 2. The molecule has 1 aromatic carbocycles. The van der Waals surface area contributed by atoms with Crippen LogP contribution in [0.4, 0.5) is 5.69 Å². The van der Waals surface area contributed by atoms with Gasteiger partial charge >= 0.3 is 11.9 Å². The minimum Gasteiger partial charge on any atom is -0.479 e. The molecule has 0 radical (unpaired) electrons. The molecule has 0 spiro atoms. The molecule has 1 atom stereocenters. The summed E-state index contributed by atoms with van der Waals surface area (Å²) >= 11 is 0. The third-order valence-electron chi connectivity index (χ3n) is 2.37. The number of rotatable bonds is 3. The smallest absolute Gasteiger partial charge is 0.375 e. The lowest BCUT2D eigenvalue weighted by Crippen LogP contribution is -2.23. The number of ether oxygens (including phenoxy) is 1. The van der Waals surface area contributed by atoms with Crippen molar-refractivity contribution in [1.29, 1.82) is 0 Å². The Bertz CT molecular complexity index is 616. The summed E-state index contributed by atoms with van der Waals surface area (Å²) in [4.78, 5) is 22.2. The predicted molar refractivity (Wildman–Crippen MR) is 63.1 cm³/mol. The normalized spacial score (nSPS) is 12.3. The van der Waals surface area contributed by atoms with Crippen LogP contribution >= 0.6 is 0 Å². The number of nitrogens with two attached hydrogens (primary N) is 1. The molecule has 0 saturated carbocycles. The molecule has 3 N–H and O–H groups in total. The number of fused-ring (bicyclic) bond motifs is 1. The number of carboxylic acids is 1. The zero-order valence-electron chi connectivity index (χ0n) is 9.54. The van der Waals surface area contributed by atoms with E-state index >= 15 is 0 Å². The summed E-state index contributed by atoms with van der Waals surface area (Å²) in [5, 5.41) is 9.29. The van der Waals surface area contributed by atoms with E-state index in [-0.39, 0.29) is 5.76 Å². The number of nitrogen functional groups attached to an aromatic ring is 1. The van der Waals surface area contributed by atoms with Crippen molar-refractivity contribution in [2.45, 2.75) is 13.0 Å². The zero-order chi connectivity index (χ0) is 13.3. The summed E-state index contributed by atoms with van der Waals surface area (Å²) < 4.78 is 9.94. The van der Waals surface area contributed by atoms with Gasteiger partial charge in [0, 0.05) is 11.1 Å². The molecular formula is C12H11NO5. The second kappa shape index (κ2) is 4.40. The molecule has 0 amide bonds. The Morgan fingerprint density at radius 3 is 2.78 bits per heavy atom. The van der Waals surface area contributed by atoms with Crippen molar-refractivity contribution in [3.8, 4) is 0 Å². The number of benzene rings is 1. The molecule has 0 fully saturated rings. The highest BCUT2D eigenvalue weighted by atomic mass is 16.6. The minimum absolute atomic E-state index is 0.0521. The van der Waals surface area contributed by atoms with Gasteiger partial charge in [-0.05, 0) is 31.2 Å². The largest absolute Gasteiger partial charge is 0.479 e. The average Bonchev–Trinajstić information content (AvgIpc) is 2.71. The molecule has 94 valence electrons. The first-order chi connectivity index (χ1) is 8.47. The minimum atomic E-state index is -1.23. The van der Waals surface area contributed by atoms with Crippen LogP contribution in [0.5, 0.6) is 0 Å². The zero-order valence-corrected chi connectivity index (χ0v) is 9.54. The monoisotopic (exact) mass is 249 g/mol. The molecule has 1 aromatic heterocycles. The van der Waals surface area contributed by atoms with Crippen LogP contribution in [0, 0.1) is 0 Å². The van der Waals surface area contributed by atoms with Crippen LogP contribution in [0.15, 0.2) is 28.7 Å². The highest BCUT2D eigenvalue weighted by Gasteiger charge is 2.20. The third-order valence-corrected chi connectivity index (χ3v) is 2.37. The first kappa shape index (κ1) is 12.0. The number of hydrogen-bond acceptors (Lipinski definition) is 5. The molecular weight excluding hydrogens is 238 g/mol. The quantitative estimate of drug-likeness (QED) is 0.633. The van der Waals surface area contributed by atoms with Crippen molar-refractivity contribution in [3.05, 3.63) is 30.0 Å². The number of furan rings is 1. The second-order valence-corrected chi connectivity index (χ2v) is 3.79. The van der Waals surface area contributed by atoms with Crippen LogP contribution in [0.3, 0.4) is 0 Å². The molecule has 0 bridgehead atoms. The highest BCUT2D eigenvalue weighted by Crippen LogP contribution is 2.22. The van der Waals surface area contributed by atoms with E-state index in [0.717, 1.165) is 0 Å². The molecule has 1 heterocycles. The average molecular weight is 249 g/mol. The number of carboxylic acid groups (broad SMARTS) is 1. The van der Waals surface area contributed by atoms with Gasteiger partial charge in [-0.15, -0.1) is 0 Å². The van der Waals surface area contributed by atoms with Crippen molar-refractivity contribution >= 4 is 28.6 Å². The third kappa shape index (κ3) is 2.27.